The Morgan fingerprint density at radius 1 is 1.12 bits per heavy atom. The summed E-state index contributed by atoms with van der Waals surface area (Å²) < 4.78 is 8.08. The topological polar surface area (TPSA) is 72.3 Å². The Kier molecular flexibility index (Phi) is 6.83. The Labute approximate surface area is 198 Å². The summed E-state index contributed by atoms with van der Waals surface area (Å²) in [4.78, 5) is 15.3. The van der Waals surface area contributed by atoms with Gasteiger partial charge in [0, 0.05) is 25.4 Å². The fraction of sp³-hybridized carbons (Fsp3) is 0.480. The van der Waals surface area contributed by atoms with Crippen LogP contribution in [0.1, 0.15) is 39.0 Å². The molecule has 1 amide bonds. The SMILES string of the molecule is CC(Sc1nnc(N2CCCCC2)n1CC1CCCO1)C(=O)Nc1ccc2ccccc2c1. The van der Waals surface area contributed by atoms with Crippen LogP contribution < -0.4 is 10.2 Å². The molecule has 2 atom stereocenters. The van der Waals surface area contributed by atoms with E-state index in [1.54, 1.807) is 0 Å². The third-order valence-electron chi connectivity index (χ3n) is 6.41. The first-order valence-electron chi connectivity index (χ1n) is 11.9. The second kappa shape index (κ2) is 10.1. The van der Waals surface area contributed by atoms with Crippen LogP contribution in [-0.4, -0.2) is 51.7 Å². The van der Waals surface area contributed by atoms with Gasteiger partial charge in [-0.3, -0.25) is 9.36 Å². The summed E-state index contributed by atoms with van der Waals surface area (Å²) >= 11 is 1.46. The molecule has 33 heavy (non-hydrogen) atoms. The van der Waals surface area contributed by atoms with Crippen LogP contribution in [-0.2, 0) is 16.1 Å². The largest absolute Gasteiger partial charge is 0.376 e. The van der Waals surface area contributed by atoms with Crippen molar-refractivity contribution in [2.45, 2.75) is 62.1 Å². The van der Waals surface area contributed by atoms with Crippen LogP contribution in [0.2, 0.25) is 0 Å². The molecular formula is C25H31N5O2S. The molecule has 1 N–H and O–H groups in total. The number of ether oxygens (including phenoxy) is 1. The highest BCUT2D eigenvalue weighted by atomic mass is 32.2. The number of hydrogen-bond acceptors (Lipinski definition) is 6. The van der Waals surface area contributed by atoms with Gasteiger partial charge in [0.15, 0.2) is 5.16 Å². The fourth-order valence-electron chi connectivity index (χ4n) is 4.57. The lowest BCUT2D eigenvalue weighted by atomic mass is 10.1. The van der Waals surface area contributed by atoms with Gasteiger partial charge in [-0.15, -0.1) is 10.2 Å². The summed E-state index contributed by atoms with van der Waals surface area (Å²) in [6.07, 6.45) is 5.97. The molecule has 2 unspecified atom stereocenters. The highest BCUT2D eigenvalue weighted by Crippen LogP contribution is 2.30. The lowest BCUT2D eigenvalue weighted by Crippen LogP contribution is -2.33. The number of thioether (sulfide) groups is 1. The van der Waals surface area contributed by atoms with E-state index >= 15 is 0 Å². The number of carbonyl (C=O) groups is 1. The number of piperidine rings is 1. The van der Waals surface area contributed by atoms with Crippen LogP contribution in [0, 0.1) is 0 Å². The first kappa shape index (κ1) is 22.2. The maximum Gasteiger partial charge on any atom is 0.237 e. The van der Waals surface area contributed by atoms with E-state index in [2.05, 4.69) is 37.1 Å². The van der Waals surface area contributed by atoms with Crippen LogP contribution in [0.3, 0.4) is 0 Å². The zero-order chi connectivity index (χ0) is 22.6. The van der Waals surface area contributed by atoms with Gasteiger partial charge in [-0.25, -0.2) is 0 Å². The van der Waals surface area contributed by atoms with Crippen LogP contribution in [0.15, 0.2) is 47.6 Å². The number of nitrogens with one attached hydrogen (secondary N) is 1. The van der Waals surface area contributed by atoms with Gasteiger partial charge in [-0.2, -0.15) is 0 Å². The number of rotatable bonds is 7. The summed E-state index contributed by atoms with van der Waals surface area (Å²) in [6.45, 7) is 5.49. The van der Waals surface area contributed by atoms with E-state index in [0.717, 1.165) is 66.6 Å². The molecule has 0 spiro atoms. The molecule has 0 radical (unpaired) electrons. The van der Waals surface area contributed by atoms with Gasteiger partial charge in [0.2, 0.25) is 11.9 Å². The summed E-state index contributed by atoms with van der Waals surface area (Å²) in [6, 6.07) is 14.1. The number of hydrogen-bond donors (Lipinski definition) is 1. The molecule has 0 saturated carbocycles. The van der Waals surface area contributed by atoms with Crippen LogP contribution in [0.5, 0.6) is 0 Å². The van der Waals surface area contributed by atoms with Gasteiger partial charge in [-0.1, -0.05) is 42.1 Å². The van der Waals surface area contributed by atoms with Crippen molar-refractivity contribution in [1.29, 1.82) is 0 Å². The zero-order valence-corrected chi connectivity index (χ0v) is 19.9. The lowest BCUT2D eigenvalue weighted by Gasteiger charge is -2.28. The minimum Gasteiger partial charge on any atom is -0.376 e. The maximum absolute atomic E-state index is 13.0. The molecular weight excluding hydrogens is 434 g/mol. The summed E-state index contributed by atoms with van der Waals surface area (Å²) in [5.41, 5.74) is 0.806. The molecule has 8 heteroatoms. The quantitative estimate of drug-likeness (QED) is 0.509. The summed E-state index contributed by atoms with van der Waals surface area (Å²) in [5, 5.41) is 14.9. The van der Waals surface area contributed by atoms with Crippen LogP contribution >= 0.6 is 11.8 Å². The standard InChI is InChI=1S/C25H31N5O2S/c1-18(23(31)26-21-12-11-19-8-3-4-9-20(19)16-21)33-25-28-27-24(29-13-5-2-6-14-29)30(25)17-22-10-7-15-32-22/h3-4,8-9,11-12,16,18,22H,2,5-7,10,13-15,17H2,1H3,(H,26,31). The molecule has 0 bridgehead atoms. The minimum atomic E-state index is -0.307. The second-order valence-electron chi connectivity index (χ2n) is 8.89. The molecule has 2 fully saturated rings. The van der Waals surface area contributed by atoms with Crippen molar-refractivity contribution in [3.8, 4) is 0 Å². The number of carbonyl (C=O) groups excluding carboxylic acids is 1. The molecule has 2 saturated heterocycles. The van der Waals surface area contributed by atoms with E-state index in [4.69, 9.17) is 4.74 Å². The number of nitrogens with zero attached hydrogens (tertiary/aromatic N) is 4. The smallest absolute Gasteiger partial charge is 0.237 e. The van der Waals surface area contributed by atoms with Crippen molar-refractivity contribution in [1.82, 2.24) is 14.8 Å². The van der Waals surface area contributed by atoms with E-state index in [-0.39, 0.29) is 17.3 Å². The Balaban J connectivity index is 1.31. The van der Waals surface area contributed by atoms with Crippen molar-refractivity contribution in [3.63, 3.8) is 0 Å². The minimum absolute atomic E-state index is 0.0403. The molecule has 1 aromatic heterocycles. The van der Waals surface area contributed by atoms with E-state index < -0.39 is 0 Å². The first-order valence-corrected chi connectivity index (χ1v) is 12.8. The monoisotopic (exact) mass is 465 g/mol. The van der Waals surface area contributed by atoms with Crippen LogP contribution in [0.4, 0.5) is 11.6 Å². The van der Waals surface area contributed by atoms with Gasteiger partial charge in [0.1, 0.15) is 0 Å². The summed E-state index contributed by atoms with van der Waals surface area (Å²) in [7, 11) is 0. The normalized spacial score (nSPS) is 19.7. The molecule has 174 valence electrons. The van der Waals surface area contributed by atoms with E-state index in [0.29, 0.717) is 0 Å². The predicted octanol–water partition coefficient (Wildman–Crippen LogP) is 4.72. The highest BCUT2D eigenvalue weighted by Gasteiger charge is 2.27. The third kappa shape index (κ3) is 5.17. The first-order chi connectivity index (χ1) is 16.2. The van der Waals surface area contributed by atoms with Crippen molar-refractivity contribution in [3.05, 3.63) is 42.5 Å². The molecule has 3 aromatic rings. The van der Waals surface area contributed by atoms with Gasteiger partial charge in [0.25, 0.3) is 0 Å². The third-order valence-corrected chi connectivity index (χ3v) is 7.50. The Morgan fingerprint density at radius 3 is 2.73 bits per heavy atom. The van der Waals surface area contributed by atoms with Gasteiger partial charge < -0.3 is 15.0 Å². The van der Waals surface area contributed by atoms with Crippen molar-refractivity contribution in [2.75, 3.05) is 29.9 Å². The maximum atomic E-state index is 13.0. The van der Waals surface area contributed by atoms with Crippen LogP contribution in [0.25, 0.3) is 10.8 Å². The van der Waals surface area contributed by atoms with Gasteiger partial charge in [-0.05, 0) is 61.9 Å². The molecule has 5 rings (SSSR count). The van der Waals surface area contributed by atoms with E-state index in [1.807, 2.05) is 37.3 Å². The molecule has 2 aromatic carbocycles. The average Bonchev–Trinajstić information content (AvgIpc) is 3.50. The van der Waals surface area contributed by atoms with Crippen molar-refractivity contribution in [2.24, 2.45) is 0 Å². The number of benzene rings is 2. The Morgan fingerprint density at radius 2 is 1.94 bits per heavy atom. The number of aromatic nitrogens is 3. The predicted molar refractivity (Wildman–Crippen MR) is 133 cm³/mol. The molecule has 2 aliphatic heterocycles. The Bertz CT molecular complexity index is 1110. The number of fused-ring (bicyclic) bond motifs is 1. The molecule has 2 aliphatic rings. The molecule has 3 heterocycles. The van der Waals surface area contributed by atoms with Gasteiger partial charge >= 0.3 is 0 Å². The Hall–Kier alpha value is -2.58. The summed E-state index contributed by atoms with van der Waals surface area (Å²) in [5.74, 6) is 0.872. The highest BCUT2D eigenvalue weighted by molar-refractivity contribution is 8.00. The van der Waals surface area contributed by atoms with Crippen molar-refractivity contribution >= 4 is 40.1 Å². The van der Waals surface area contributed by atoms with E-state index in [1.165, 1.54) is 31.0 Å². The van der Waals surface area contributed by atoms with E-state index in [9.17, 15) is 4.79 Å². The molecule has 0 aliphatic carbocycles. The van der Waals surface area contributed by atoms with Gasteiger partial charge in [0.05, 0.1) is 17.9 Å². The zero-order valence-electron chi connectivity index (χ0n) is 19.1. The second-order valence-corrected chi connectivity index (χ2v) is 10.2. The number of anilines is 2. The number of amides is 1. The average molecular weight is 466 g/mol. The fourth-order valence-corrected chi connectivity index (χ4v) is 5.42. The molecule has 7 nitrogen and oxygen atoms in total. The van der Waals surface area contributed by atoms with Crippen molar-refractivity contribution < 1.29 is 9.53 Å². The lowest BCUT2D eigenvalue weighted by molar-refractivity contribution is -0.115.